The average molecular weight is 238 g/mol. The number of rotatable bonds is 6. The van der Waals surface area contributed by atoms with E-state index in [1.807, 2.05) is 0 Å². The zero-order valence-electron chi connectivity index (χ0n) is 13.5. The van der Waals surface area contributed by atoms with Crippen molar-refractivity contribution in [2.75, 3.05) is 0 Å². The number of allylic oxidation sites excluding steroid dienone is 1. The first kappa shape index (κ1) is 16.7. The summed E-state index contributed by atoms with van der Waals surface area (Å²) in [4.78, 5) is 0. The third kappa shape index (κ3) is 6.29. The average Bonchev–Trinajstić information content (AvgIpc) is 2.14. The molecule has 0 nitrogen and oxygen atoms in total. The van der Waals surface area contributed by atoms with Crippen molar-refractivity contribution in [2.24, 2.45) is 22.7 Å². The van der Waals surface area contributed by atoms with Crippen molar-refractivity contribution in [3.05, 3.63) is 12.2 Å². The summed E-state index contributed by atoms with van der Waals surface area (Å²) in [6.07, 6.45) is 3.80. The zero-order chi connectivity index (χ0) is 13.9. The van der Waals surface area contributed by atoms with E-state index in [1.165, 1.54) is 24.8 Å². The highest BCUT2D eigenvalue weighted by atomic mass is 14.3. The van der Waals surface area contributed by atoms with E-state index in [1.54, 1.807) is 0 Å². The molecule has 0 saturated carbocycles. The summed E-state index contributed by atoms with van der Waals surface area (Å²) in [5, 5.41) is 0. The minimum atomic E-state index is 0.402. The first-order valence-electron chi connectivity index (χ1n) is 7.15. The second-order valence-corrected chi connectivity index (χ2v) is 7.79. The van der Waals surface area contributed by atoms with E-state index in [4.69, 9.17) is 0 Å². The largest absolute Gasteiger partial charge is 0.0999 e. The van der Waals surface area contributed by atoms with Gasteiger partial charge in [-0.15, -0.1) is 0 Å². The molecule has 2 unspecified atom stereocenters. The molecule has 0 aliphatic rings. The van der Waals surface area contributed by atoms with Gasteiger partial charge in [0.05, 0.1) is 0 Å². The lowest BCUT2D eigenvalue weighted by molar-refractivity contribution is 0.174. The Morgan fingerprint density at radius 1 is 1.12 bits per heavy atom. The van der Waals surface area contributed by atoms with Crippen LogP contribution in [0.1, 0.15) is 74.7 Å². The molecular formula is C17H34. The van der Waals surface area contributed by atoms with Crippen LogP contribution in [-0.4, -0.2) is 0 Å². The number of hydrogen-bond donors (Lipinski definition) is 0. The van der Waals surface area contributed by atoms with E-state index in [-0.39, 0.29) is 0 Å². The molecule has 0 aliphatic carbocycles. The van der Waals surface area contributed by atoms with E-state index < -0.39 is 0 Å². The van der Waals surface area contributed by atoms with Gasteiger partial charge < -0.3 is 0 Å². The maximum atomic E-state index is 4.20. The van der Waals surface area contributed by atoms with Crippen LogP contribution >= 0.6 is 0 Å². The van der Waals surface area contributed by atoms with Gasteiger partial charge >= 0.3 is 0 Å². The smallest absolute Gasteiger partial charge is 0.0201 e. The first-order valence-corrected chi connectivity index (χ1v) is 7.15. The summed E-state index contributed by atoms with van der Waals surface area (Å²) in [7, 11) is 0. The summed E-state index contributed by atoms with van der Waals surface area (Å²) in [6, 6.07) is 0. The Balaban J connectivity index is 4.62. The van der Waals surface area contributed by atoms with Gasteiger partial charge in [-0.3, -0.25) is 0 Å². The molecule has 0 bridgehead atoms. The monoisotopic (exact) mass is 238 g/mol. The minimum Gasteiger partial charge on any atom is -0.0999 e. The summed E-state index contributed by atoms with van der Waals surface area (Å²) in [5.74, 6) is 1.44. The molecule has 0 spiro atoms. The molecule has 0 saturated heterocycles. The lowest BCUT2D eigenvalue weighted by Crippen LogP contribution is -2.25. The van der Waals surface area contributed by atoms with Gasteiger partial charge in [0.25, 0.3) is 0 Å². The van der Waals surface area contributed by atoms with Crippen molar-refractivity contribution < 1.29 is 0 Å². The van der Waals surface area contributed by atoms with E-state index in [9.17, 15) is 0 Å². The molecule has 0 heterocycles. The Morgan fingerprint density at radius 3 is 1.88 bits per heavy atom. The summed E-state index contributed by atoms with van der Waals surface area (Å²) < 4.78 is 0. The van der Waals surface area contributed by atoms with Gasteiger partial charge in [0.1, 0.15) is 0 Å². The van der Waals surface area contributed by atoms with E-state index in [0.29, 0.717) is 16.7 Å². The van der Waals surface area contributed by atoms with Crippen LogP contribution in [0, 0.1) is 22.7 Å². The second kappa shape index (κ2) is 6.07. The van der Waals surface area contributed by atoms with E-state index >= 15 is 0 Å². The molecule has 17 heavy (non-hydrogen) atoms. The molecule has 102 valence electrons. The molecule has 0 aromatic rings. The van der Waals surface area contributed by atoms with Gasteiger partial charge in [0, 0.05) is 0 Å². The minimum absolute atomic E-state index is 0.402. The molecule has 0 aromatic heterocycles. The highest BCUT2D eigenvalue weighted by molar-refractivity contribution is 4.99. The Hall–Kier alpha value is -0.260. The highest BCUT2D eigenvalue weighted by Crippen LogP contribution is 2.39. The molecule has 0 amide bonds. The van der Waals surface area contributed by atoms with Crippen molar-refractivity contribution >= 4 is 0 Å². The van der Waals surface area contributed by atoms with Gasteiger partial charge in [-0.2, -0.15) is 0 Å². The van der Waals surface area contributed by atoms with E-state index in [0.717, 1.165) is 5.92 Å². The van der Waals surface area contributed by atoms with Gasteiger partial charge in [0.2, 0.25) is 0 Å². The molecule has 0 rings (SSSR count). The predicted molar refractivity (Wildman–Crippen MR) is 80.2 cm³/mol. The normalized spacial score (nSPS) is 16.7. The molecular weight excluding hydrogens is 204 g/mol. The molecule has 0 heteroatoms. The van der Waals surface area contributed by atoms with Crippen molar-refractivity contribution in [3.8, 4) is 0 Å². The second-order valence-electron chi connectivity index (χ2n) is 7.79. The van der Waals surface area contributed by atoms with Crippen molar-refractivity contribution in [1.82, 2.24) is 0 Å². The molecule has 0 fully saturated rings. The van der Waals surface area contributed by atoms with Gasteiger partial charge in [-0.25, -0.2) is 0 Å². The fourth-order valence-corrected chi connectivity index (χ4v) is 2.29. The maximum absolute atomic E-state index is 4.20. The van der Waals surface area contributed by atoms with Crippen LogP contribution in [0.3, 0.4) is 0 Å². The highest BCUT2D eigenvalue weighted by Gasteiger charge is 2.28. The summed E-state index contributed by atoms with van der Waals surface area (Å²) in [6.45, 7) is 22.9. The van der Waals surface area contributed by atoms with Crippen molar-refractivity contribution in [1.29, 1.82) is 0 Å². The molecule has 0 N–H and O–H groups in total. The van der Waals surface area contributed by atoms with Crippen molar-refractivity contribution in [2.45, 2.75) is 74.7 Å². The first-order chi connectivity index (χ1) is 7.49. The molecule has 0 aliphatic heterocycles. The van der Waals surface area contributed by atoms with Crippen LogP contribution in [0.4, 0.5) is 0 Å². The zero-order valence-corrected chi connectivity index (χ0v) is 13.5. The fourth-order valence-electron chi connectivity index (χ4n) is 2.29. The van der Waals surface area contributed by atoms with Crippen LogP contribution < -0.4 is 0 Å². The molecule has 2 atom stereocenters. The van der Waals surface area contributed by atoms with Gasteiger partial charge in [0.15, 0.2) is 0 Å². The lowest BCUT2D eigenvalue weighted by Gasteiger charge is -2.35. The number of hydrogen-bond acceptors (Lipinski definition) is 0. The Bertz CT molecular complexity index is 239. The third-order valence-corrected chi connectivity index (χ3v) is 4.44. The lowest BCUT2D eigenvalue weighted by atomic mass is 9.70. The third-order valence-electron chi connectivity index (χ3n) is 4.44. The van der Waals surface area contributed by atoms with Crippen molar-refractivity contribution in [3.63, 3.8) is 0 Å². The Morgan fingerprint density at radius 2 is 1.59 bits per heavy atom. The van der Waals surface area contributed by atoms with Crippen LogP contribution in [0.15, 0.2) is 12.2 Å². The van der Waals surface area contributed by atoms with Crippen LogP contribution in [0.25, 0.3) is 0 Å². The topological polar surface area (TPSA) is 0 Å². The van der Waals surface area contributed by atoms with Crippen LogP contribution in [0.2, 0.25) is 0 Å². The maximum Gasteiger partial charge on any atom is -0.0201 e. The van der Waals surface area contributed by atoms with Gasteiger partial charge in [-0.05, 0) is 42.4 Å². The SMILES string of the molecule is C=C(C)C(CC(C)C(C)(C)CC)CC(C)(C)C. The molecule has 0 aromatic carbocycles. The Kier molecular flexibility index (Phi) is 5.98. The molecule has 0 radical (unpaired) electrons. The Labute approximate surface area is 110 Å². The fraction of sp³-hybridized carbons (Fsp3) is 0.882. The van der Waals surface area contributed by atoms with E-state index in [2.05, 4.69) is 62.0 Å². The standard InChI is InChI=1S/C17H34/c1-10-17(8,9)14(4)11-15(13(2)3)12-16(5,6)7/h14-15H,2,10-12H2,1,3-9H3. The quantitative estimate of drug-likeness (QED) is 0.492. The van der Waals surface area contributed by atoms with Gasteiger partial charge in [-0.1, -0.05) is 67.0 Å². The summed E-state index contributed by atoms with van der Waals surface area (Å²) >= 11 is 0. The predicted octanol–water partition coefficient (Wildman–Crippen LogP) is 6.08. The van der Waals surface area contributed by atoms with Crippen LogP contribution in [-0.2, 0) is 0 Å². The summed E-state index contributed by atoms with van der Waals surface area (Å²) in [5.41, 5.74) is 2.21. The van der Waals surface area contributed by atoms with Crippen LogP contribution in [0.5, 0.6) is 0 Å².